The molecule has 0 bridgehead atoms. The topological polar surface area (TPSA) is 62.3 Å². The van der Waals surface area contributed by atoms with Crippen molar-refractivity contribution < 1.29 is 9.47 Å². The van der Waals surface area contributed by atoms with Crippen LogP contribution in [0.1, 0.15) is 11.5 Å². The number of rotatable bonds is 4. The highest BCUT2D eigenvalue weighted by Crippen LogP contribution is 2.28. The number of benzene rings is 1. The largest absolute Gasteiger partial charge is 0.497 e. The molecule has 0 aliphatic heterocycles. The Morgan fingerprint density at radius 3 is 2.61 bits per heavy atom. The maximum Gasteiger partial charge on any atom is 0.143 e. The molecular formula is C13H17N3O2. The van der Waals surface area contributed by atoms with E-state index >= 15 is 0 Å². The standard InChI is InChI=1S/C13H17N3O2/c1-9-15-10(7-14)8-16(9)12-6-11(17-2)4-5-13(12)18-3/h4-6,8H,7,14H2,1-3H3. The van der Waals surface area contributed by atoms with E-state index in [4.69, 9.17) is 15.2 Å². The van der Waals surface area contributed by atoms with Gasteiger partial charge in [-0.3, -0.25) is 4.57 Å². The van der Waals surface area contributed by atoms with Crippen LogP contribution in [0.5, 0.6) is 11.5 Å². The second-order valence-electron chi connectivity index (χ2n) is 3.89. The second-order valence-corrected chi connectivity index (χ2v) is 3.89. The molecule has 1 aromatic heterocycles. The number of ether oxygens (including phenoxy) is 2. The summed E-state index contributed by atoms with van der Waals surface area (Å²) in [5.74, 6) is 2.40. The van der Waals surface area contributed by atoms with E-state index in [2.05, 4.69) is 4.98 Å². The van der Waals surface area contributed by atoms with Gasteiger partial charge in [-0.25, -0.2) is 4.98 Å². The lowest BCUT2D eigenvalue weighted by Gasteiger charge is -2.12. The van der Waals surface area contributed by atoms with Crippen molar-refractivity contribution in [3.8, 4) is 17.2 Å². The Labute approximate surface area is 106 Å². The summed E-state index contributed by atoms with van der Waals surface area (Å²) in [6.45, 7) is 2.35. The summed E-state index contributed by atoms with van der Waals surface area (Å²) in [7, 11) is 3.28. The van der Waals surface area contributed by atoms with E-state index in [1.807, 2.05) is 35.9 Å². The van der Waals surface area contributed by atoms with Gasteiger partial charge in [0.25, 0.3) is 0 Å². The van der Waals surface area contributed by atoms with Crippen LogP contribution in [-0.2, 0) is 6.54 Å². The van der Waals surface area contributed by atoms with Gasteiger partial charge < -0.3 is 15.2 Å². The first-order chi connectivity index (χ1) is 8.69. The third kappa shape index (κ3) is 2.17. The Balaban J connectivity index is 2.56. The molecule has 0 atom stereocenters. The number of aromatic nitrogens is 2. The van der Waals surface area contributed by atoms with Crippen molar-refractivity contribution in [2.45, 2.75) is 13.5 Å². The SMILES string of the molecule is COc1ccc(OC)c(-n2cc(CN)nc2C)c1. The molecule has 0 radical (unpaired) electrons. The molecule has 0 amide bonds. The first-order valence-electron chi connectivity index (χ1n) is 5.67. The lowest BCUT2D eigenvalue weighted by Crippen LogP contribution is -2.00. The number of methoxy groups -OCH3 is 2. The third-order valence-electron chi connectivity index (χ3n) is 2.79. The molecule has 2 rings (SSSR count). The van der Waals surface area contributed by atoms with Crippen molar-refractivity contribution in [3.63, 3.8) is 0 Å². The lowest BCUT2D eigenvalue weighted by molar-refractivity contribution is 0.401. The van der Waals surface area contributed by atoms with Gasteiger partial charge in [0.2, 0.25) is 0 Å². The Hall–Kier alpha value is -2.01. The van der Waals surface area contributed by atoms with E-state index in [0.29, 0.717) is 6.54 Å². The molecule has 0 saturated carbocycles. The Morgan fingerprint density at radius 2 is 2.06 bits per heavy atom. The average Bonchev–Trinajstić information content (AvgIpc) is 2.79. The minimum atomic E-state index is 0.417. The minimum Gasteiger partial charge on any atom is -0.497 e. The van der Waals surface area contributed by atoms with Gasteiger partial charge in [-0.05, 0) is 19.1 Å². The van der Waals surface area contributed by atoms with Crippen LogP contribution in [0.3, 0.4) is 0 Å². The van der Waals surface area contributed by atoms with Gasteiger partial charge in [-0.15, -0.1) is 0 Å². The molecule has 18 heavy (non-hydrogen) atoms. The molecule has 5 heteroatoms. The van der Waals surface area contributed by atoms with Gasteiger partial charge in [-0.2, -0.15) is 0 Å². The summed E-state index contributed by atoms with van der Waals surface area (Å²) in [4.78, 5) is 4.38. The van der Waals surface area contributed by atoms with Crippen molar-refractivity contribution in [3.05, 3.63) is 35.9 Å². The van der Waals surface area contributed by atoms with E-state index in [1.165, 1.54) is 0 Å². The molecular weight excluding hydrogens is 230 g/mol. The quantitative estimate of drug-likeness (QED) is 0.892. The van der Waals surface area contributed by atoms with E-state index in [1.54, 1.807) is 14.2 Å². The second kappa shape index (κ2) is 5.10. The van der Waals surface area contributed by atoms with Gasteiger partial charge in [0.15, 0.2) is 0 Å². The lowest BCUT2D eigenvalue weighted by atomic mass is 10.2. The van der Waals surface area contributed by atoms with Crippen molar-refractivity contribution in [2.75, 3.05) is 14.2 Å². The zero-order valence-corrected chi connectivity index (χ0v) is 10.8. The Kier molecular flexibility index (Phi) is 3.53. The normalized spacial score (nSPS) is 10.4. The Morgan fingerprint density at radius 1 is 1.28 bits per heavy atom. The molecule has 1 aromatic carbocycles. The van der Waals surface area contributed by atoms with Crippen LogP contribution in [-0.4, -0.2) is 23.8 Å². The minimum absolute atomic E-state index is 0.417. The van der Waals surface area contributed by atoms with Crippen LogP contribution in [0.15, 0.2) is 24.4 Å². The van der Waals surface area contributed by atoms with Gasteiger partial charge in [0.05, 0.1) is 25.6 Å². The molecule has 0 unspecified atom stereocenters. The van der Waals surface area contributed by atoms with Gasteiger partial charge in [0, 0.05) is 18.8 Å². The molecule has 0 fully saturated rings. The molecule has 96 valence electrons. The van der Waals surface area contributed by atoms with Crippen molar-refractivity contribution in [1.29, 1.82) is 0 Å². The monoisotopic (exact) mass is 247 g/mol. The zero-order chi connectivity index (χ0) is 13.1. The maximum atomic E-state index is 5.60. The van der Waals surface area contributed by atoms with Crippen molar-refractivity contribution in [2.24, 2.45) is 5.73 Å². The predicted octanol–water partition coefficient (Wildman–Crippen LogP) is 1.66. The molecule has 0 spiro atoms. The third-order valence-corrected chi connectivity index (χ3v) is 2.79. The van der Waals surface area contributed by atoms with E-state index < -0.39 is 0 Å². The number of nitrogens with two attached hydrogens (primary N) is 1. The number of hydrogen-bond acceptors (Lipinski definition) is 4. The highest BCUT2D eigenvalue weighted by atomic mass is 16.5. The number of nitrogens with zero attached hydrogens (tertiary/aromatic N) is 2. The summed E-state index contributed by atoms with van der Waals surface area (Å²) in [6.07, 6.45) is 1.91. The van der Waals surface area contributed by atoms with Crippen molar-refractivity contribution >= 4 is 0 Å². The van der Waals surface area contributed by atoms with Crippen LogP contribution >= 0.6 is 0 Å². The first kappa shape index (κ1) is 12.4. The number of imidazole rings is 1. The van der Waals surface area contributed by atoms with Gasteiger partial charge in [-0.1, -0.05) is 0 Å². The summed E-state index contributed by atoms with van der Waals surface area (Å²) in [5, 5.41) is 0. The maximum absolute atomic E-state index is 5.60. The van der Waals surface area contributed by atoms with Crippen molar-refractivity contribution in [1.82, 2.24) is 9.55 Å². The summed E-state index contributed by atoms with van der Waals surface area (Å²) >= 11 is 0. The molecule has 5 nitrogen and oxygen atoms in total. The average molecular weight is 247 g/mol. The fourth-order valence-electron chi connectivity index (χ4n) is 1.86. The first-order valence-corrected chi connectivity index (χ1v) is 5.67. The van der Waals surface area contributed by atoms with E-state index in [-0.39, 0.29) is 0 Å². The number of aryl methyl sites for hydroxylation is 1. The predicted molar refractivity (Wildman–Crippen MR) is 69.3 cm³/mol. The number of hydrogen-bond donors (Lipinski definition) is 1. The van der Waals surface area contributed by atoms with Crippen LogP contribution < -0.4 is 15.2 Å². The van der Waals surface area contributed by atoms with E-state index in [9.17, 15) is 0 Å². The molecule has 0 aliphatic carbocycles. The van der Waals surface area contributed by atoms with Crippen LogP contribution in [0.2, 0.25) is 0 Å². The smallest absolute Gasteiger partial charge is 0.143 e. The fourth-order valence-corrected chi connectivity index (χ4v) is 1.86. The van der Waals surface area contributed by atoms with Crippen LogP contribution in [0.25, 0.3) is 5.69 Å². The molecule has 2 N–H and O–H groups in total. The summed E-state index contributed by atoms with van der Waals surface area (Å²) in [5.41, 5.74) is 7.34. The van der Waals surface area contributed by atoms with Gasteiger partial charge in [0.1, 0.15) is 17.3 Å². The summed E-state index contributed by atoms with van der Waals surface area (Å²) in [6, 6.07) is 5.64. The highest BCUT2D eigenvalue weighted by Gasteiger charge is 2.11. The molecule has 0 saturated heterocycles. The fraction of sp³-hybridized carbons (Fsp3) is 0.308. The van der Waals surface area contributed by atoms with Gasteiger partial charge >= 0.3 is 0 Å². The zero-order valence-electron chi connectivity index (χ0n) is 10.8. The van der Waals surface area contributed by atoms with Crippen LogP contribution in [0, 0.1) is 6.92 Å². The van der Waals surface area contributed by atoms with E-state index in [0.717, 1.165) is 28.7 Å². The molecule has 1 heterocycles. The molecule has 2 aromatic rings. The summed E-state index contributed by atoms with van der Waals surface area (Å²) < 4.78 is 12.5. The van der Waals surface area contributed by atoms with Crippen LogP contribution in [0.4, 0.5) is 0 Å². The Bertz CT molecular complexity index is 549. The molecule has 0 aliphatic rings. The highest BCUT2D eigenvalue weighted by molar-refractivity contribution is 5.52.